The lowest BCUT2D eigenvalue weighted by molar-refractivity contribution is -0.274. The van der Waals surface area contributed by atoms with E-state index in [0.29, 0.717) is 6.42 Å². The molecule has 2 N–H and O–H groups in total. The van der Waals surface area contributed by atoms with Crippen molar-refractivity contribution in [2.75, 3.05) is 0 Å². The molecule has 3 atom stereocenters. The molecule has 196 valence electrons. The van der Waals surface area contributed by atoms with Crippen LogP contribution in [0.1, 0.15) is 47.4 Å². The third kappa shape index (κ3) is 5.54. The monoisotopic (exact) mass is 531 g/mol. The first-order chi connectivity index (χ1) is 17.6. The fourth-order valence-electron chi connectivity index (χ4n) is 5.82. The summed E-state index contributed by atoms with van der Waals surface area (Å²) in [6.45, 7) is 0. The van der Waals surface area contributed by atoms with E-state index in [0.717, 1.165) is 49.9 Å². The van der Waals surface area contributed by atoms with E-state index < -0.39 is 34.3 Å². The molecule has 0 bridgehead atoms. The van der Waals surface area contributed by atoms with Crippen LogP contribution in [0.5, 0.6) is 5.75 Å². The van der Waals surface area contributed by atoms with Crippen molar-refractivity contribution in [3.8, 4) is 5.75 Å². The van der Waals surface area contributed by atoms with E-state index in [1.807, 2.05) is 24.3 Å². The second-order valence-electron chi connectivity index (χ2n) is 9.71. The number of fused-ring (bicyclic) bond motifs is 2. The Morgan fingerprint density at radius 2 is 1.41 bits per heavy atom. The molecule has 0 saturated heterocycles. The van der Waals surface area contributed by atoms with E-state index in [9.17, 15) is 26.7 Å². The van der Waals surface area contributed by atoms with E-state index in [-0.39, 0.29) is 16.7 Å². The summed E-state index contributed by atoms with van der Waals surface area (Å²) in [5, 5.41) is 11.5. The summed E-state index contributed by atoms with van der Waals surface area (Å²) in [5.41, 5.74) is 4.81. The fraction of sp³-hybridized carbons (Fsp3) is 0.357. The topological polar surface area (TPSA) is 75.6 Å². The highest BCUT2D eigenvalue weighted by atomic mass is 32.2. The van der Waals surface area contributed by atoms with E-state index >= 15 is 0 Å². The molecular weight excluding hydrogens is 503 g/mol. The van der Waals surface area contributed by atoms with Crippen LogP contribution in [0, 0.1) is 5.92 Å². The maximum atomic E-state index is 13.1. The highest BCUT2D eigenvalue weighted by Gasteiger charge is 2.41. The van der Waals surface area contributed by atoms with E-state index in [2.05, 4.69) is 33.7 Å². The molecule has 3 aromatic carbocycles. The predicted molar refractivity (Wildman–Crippen MR) is 133 cm³/mol. The van der Waals surface area contributed by atoms with Gasteiger partial charge in [-0.3, -0.25) is 0 Å². The molecule has 2 aliphatic carbocycles. The van der Waals surface area contributed by atoms with Gasteiger partial charge < -0.3 is 9.84 Å². The number of alkyl halides is 3. The summed E-state index contributed by atoms with van der Waals surface area (Å²) in [6.07, 6.45) is -2.07. The van der Waals surface area contributed by atoms with Crippen molar-refractivity contribution in [3.63, 3.8) is 0 Å². The Morgan fingerprint density at radius 3 is 1.97 bits per heavy atom. The average molecular weight is 532 g/mol. The lowest BCUT2D eigenvalue weighted by atomic mass is 9.70. The Hall–Kier alpha value is -2.88. The number of aryl methyl sites for hydroxylation is 2. The number of aliphatic hydroxyl groups excluding tert-OH is 1. The minimum atomic E-state index is -4.87. The first-order valence-electron chi connectivity index (χ1n) is 12.3. The van der Waals surface area contributed by atoms with Crippen molar-refractivity contribution >= 4 is 10.0 Å². The van der Waals surface area contributed by atoms with Crippen LogP contribution in [0.4, 0.5) is 13.2 Å². The molecule has 2 aliphatic rings. The van der Waals surface area contributed by atoms with E-state index in [4.69, 9.17) is 0 Å². The van der Waals surface area contributed by atoms with Gasteiger partial charge in [0.15, 0.2) is 0 Å². The second-order valence-corrected chi connectivity index (χ2v) is 11.4. The zero-order valence-electron chi connectivity index (χ0n) is 20.0. The van der Waals surface area contributed by atoms with Gasteiger partial charge in [-0.1, -0.05) is 55.0 Å². The molecule has 0 spiro atoms. The van der Waals surface area contributed by atoms with Gasteiger partial charge in [0.2, 0.25) is 10.0 Å². The van der Waals surface area contributed by atoms with Gasteiger partial charge in [0.25, 0.3) is 0 Å². The molecule has 1 fully saturated rings. The van der Waals surface area contributed by atoms with E-state index in [1.165, 1.54) is 22.3 Å². The summed E-state index contributed by atoms with van der Waals surface area (Å²) < 4.78 is 70.0. The van der Waals surface area contributed by atoms with Crippen LogP contribution in [-0.2, 0) is 22.9 Å². The molecule has 5 rings (SSSR count). The maximum Gasteiger partial charge on any atom is 0.573 e. The molecule has 3 aromatic rings. The number of nitrogens with one attached hydrogen (secondary N) is 1. The van der Waals surface area contributed by atoms with Crippen molar-refractivity contribution in [2.24, 2.45) is 5.92 Å². The number of aliphatic hydroxyl groups is 1. The number of hydrogen-bond acceptors (Lipinski definition) is 4. The molecule has 5 nitrogen and oxygen atoms in total. The van der Waals surface area contributed by atoms with Gasteiger partial charge in [-0.05, 0) is 78.1 Å². The highest BCUT2D eigenvalue weighted by molar-refractivity contribution is 7.89. The number of hydrogen-bond donors (Lipinski definition) is 2. The molecule has 0 radical (unpaired) electrons. The minimum Gasteiger partial charge on any atom is -0.406 e. The van der Waals surface area contributed by atoms with Crippen molar-refractivity contribution in [2.45, 2.75) is 61.4 Å². The number of halogens is 3. The predicted octanol–water partition coefficient (Wildman–Crippen LogP) is 5.32. The van der Waals surface area contributed by atoms with Crippen molar-refractivity contribution < 1.29 is 31.4 Å². The normalized spacial score (nSPS) is 22.5. The van der Waals surface area contributed by atoms with Crippen LogP contribution in [-0.4, -0.2) is 32.0 Å². The quantitative estimate of drug-likeness (QED) is 0.467. The SMILES string of the molecule is O=S(=O)(NC1CCCC(C2c3ccccc3CCc3ccccc32)[C@H]1O)c1ccc(OC(F)(F)F)cc1. The Labute approximate surface area is 214 Å². The number of benzene rings is 3. The minimum absolute atomic E-state index is 0.0731. The summed E-state index contributed by atoms with van der Waals surface area (Å²) >= 11 is 0. The zero-order chi connectivity index (χ0) is 26.2. The second kappa shape index (κ2) is 10.1. The van der Waals surface area contributed by atoms with Gasteiger partial charge in [0, 0.05) is 12.0 Å². The molecule has 0 heterocycles. The van der Waals surface area contributed by atoms with Crippen LogP contribution in [0.3, 0.4) is 0 Å². The summed E-state index contributed by atoms with van der Waals surface area (Å²) in [7, 11) is -4.08. The van der Waals surface area contributed by atoms with E-state index in [1.54, 1.807) is 0 Å². The molecule has 0 aliphatic heterocycles. The smallest absolute Gasteiger partial charge is 0.406 e. The van der Waals surface area contributed by atoms with Crippen LogP contribution in [0.2, 0.25) is 0 Å². The first kappa shape index (κ1) is 25.8. The first-order valence-corrected chi connectivity index (χ1v) is 13.8. The fourth-order valence-corrected chi connectivity index (χ4v) is 7.11. The van der Waals surface area contributed by atoms with Gasteiger partial charge in [0.05, 0.1) is 11.0 Å². The van der Waals surface area contributed by atoms with Gasteiger partial charge in [-0.2, -0.15) is 0 Å². The average Bonchev–Trinajstić information content (AvgIpc) is 3.02. The van der Waals surface area contributed by atoms with Crippen molar-refractivity contribution in [3.05, 3.63) is 95.1 Å². The molecule has 37 heavy (non-hydrogen) atoms. The van der Waals surface area contributed by atoms with Gasteiger partial charge in [-0.15, -0.1) is 13.2 Å². The Bertz CT molecular complexity index is 1310. The number of sulfonamides is 1. The summed E-state index contributed by atoms with van der Waals surface area (Å²) in [6, 6.07) is 19.8. The van der Waals surface area contributed by atoms with Crippen LogP contribution in [0.15, 0.2) is 77.7 Å². The zero-order valence-corrected chi connectivity index (χ0v) is 20.8. The Balaban J connectivity index is 1.41. The largest absolute Gasteiger partial charge is 0.573 e. The lowest BCUT2D eigenvalue weighted by Gasteiger charge is -2.40. The summed E-state index contributed by atoms with van der Waals surface area (Å²) in [5.74, 6) is -0.782. The van der Waals surface area contributed by atoms with Crippen LogP contribution < -0.4 is 9.46 Å². The van der Waals surface area contributed by atoms with Crippen LogP contribution in [0.25, 0.3) is 0 Å². The highest BCUT2D eigenvalue weighted by Crippen LogP contribution is 2.45. The van der Waals surface area contributed by atoms with Crippen molar-refractivity contribution in [1.29, 1.82) is 0 Å². The summed E-state index contributed by atoms with van der Waals surface area (Å²) in [4.78, 5) is -0.193. The molecule has 0 amide bonds. The number of rotatable bonds is 5. The molecule has 0 aromatic heterocycles. The van der Waals surface area contributed by atoms with Gasteiger partial charge in [-0.25, -0.2) is 13.1 Å². The Kier molecular flexibility index (Phi) is 7.04. The van der Waals surface area contributed by atoms with Gasteiger partial charge in [0.1, 0.15) is 5.75 Å². The lowest BCUT2D eigenvalue weighted by Crippen LogP contribution is -2.50. The number of ether oxygens (including phenoxy) is 1. The molecule has 2 unspecified atom stereocenters. The molecule has 9 heteroatoms. The molecule has 1 saturated carbocycles. The van der Waals surface area contributed by atoms with Crippen LogP contribution >= 0.6 is 0 Å². The molecular formula is C28H28F3NO4S. The third-order valence-corrected chi connectivity index (χ3v) is 8.96. The third-order valence-electron chi connectivity index (χ3n) is 7.45. The Morgan fingerprint density at radius 1 is 0.838 bits per heavy atom. The van der Waals surface area contributed by atoms with Gasteiger partial charge >= 0.3 is 6.36 Å². The standard InChI is InChI=1S/C28H28F3NO4S/c29-28(30,31)36-20-14-16-21(17-15-20)37(34,35)32-25-11-5-10-24(27(25)33)26-22-8-3-1-6-18(22)12-13-19-7-2-4-9-23(19)26/h1-4,6-9,14-17,24-27,32-33H,5,10-13H2/t24?,25?,27-/m1/s1. The maximum absolute atomic E-state index is 13.1. The van der Waals surface area contributed by atoms with Crippen molar-refractivity contribution in [1.82, 2.24) is 4.72 Å².